The van der Waals surface area contributed by atoms with Gasteiger partial charge in [-0.3, -0.25) is 9.88 Å². The molecule has 3 aromatic rings. The van der Waals surface area contributed by atoms with Gasteiger partial charge in [-0.1, -0.05) is 11.3 Å². The number of hydrogen-bond donors (Lipinski definition) is 1. The van der Waals surface area contributed by atoms with Crippen LogP contribution >= 0.6 is 11.3 Å². The minimum atomic E-state index is 0.833. The number of aromatic nitrogens is 4. The topological polar surface area (TPSA) is 67.6 Å². The molecule has 0 atom stereocenters. The predicted molar refractivity (Wildman–Crippen MR) is 89.8 cm³/mol. The second-order valence-electron chi connectivity index (χ2n) is 5.37. The minimum Gasteiger partial charge on any atom is -0.379 e. The van der Waals surface area contributed by atoms with Gasteiger partial charge in [0, 0.05) is 44.1 Å². The van der Waals surface area contributed by atoms with Crippen molar-refractivity contribution < 1.29 is 4.74 Å². The Kier molecular flexibility index (Phi) is 4.18. The van der Waals surface area contributed by atoms with E-state index in [1.165, 1.54) is 0 Å². The summed E-state index contributed by atoms with van der Waals surface area (Å²) >= 11 is 1.57. The first-order chi connectivity index (χ1) is 11.4. The fourth-order valence-electron chi connectivity index (χ4n) is 2.62. The van der Waals surface area contributed by atoms with E-state index in [0.29, 0.717) is 0 Å². The van der Waals surface area contributed by atoms with E-state index in [9.17, 15) is 0 Å². The summed E-state index contributed by atoms with van der Waals surface area (Å²) in [5.74, 6) is 0. The zero-order valence-electron chi connectivity index (χ0n) is 12.7. The highest BCUT2D eigenvalue weighted by Gasteiger charge is 2.13. The van der Waals surface area contributed by atoms with Crippen LogP contribution in [0.25, 0.3) is 16.2 Å². The third kappa shape index (κ3) is 3.19. The molecule has 1 saturated heterocycles. The molecule has 4 rings (SSSR count). The molecule has 120 valence electrons. The lowest BCUT2D eigenvalue weighted by Gasteiger charge is -2.26. The number of rotatable bonds is 5. The number of imidazole rings is 1. The number of pyridine rings is 1. The molecule has 8 heteroatoms. The molecule has 23 heavy (non-hydrogen) atoms. The van der Waals surface area contributed by atoms with Crippen molar-refractivity contribution in [3.05, 3.63) is 30.7 Å². The first kappa shape index (κ1) is 14.6. The minimum absolute atomic E-state index is 0.833. The van der Waals surface area contributed by atoms with Gasteiger partial charge in [0.05, 0.1) is 25.1 Å². The molecular formula is C15H18N6OS. The number of hydrogen-bond acceptors (Lipinski definition) is 7. The zero-order valence-corrected chi connectivity index (χ0v) is 13.5. The van der Waals surface area contributed by atoms with E-state index >= 15 is 0 Å². The summed E-state index contributed by atoms with van der Waals surface area (Å²) in [5, 5.41) is 8.91. The number of fused-ring (bicyclic) bond motifs is 1. The molecule has 0 radical (unpaired) electrons. The molecule has 1 N–H and O–H groups in total. The first-order valence-corrected chi connectivity index (χ1v) is 8.51. The standard InChI is InChI=1S/C15H18N6OS/c1-2-12(10-16-3-1)13-11-18-15-21(13)19-14(23-15)17-4-5-20-6-8-22-9-7-20/h1-3,10-11H,4-9H2,(H,17,19). The Bertz CT molecular complexity index is 765. The molecule has 0 aliphatic carbocycles. The normalized spacial score (nSPS) is 16.0. The fourth-order valence-corrected chi connectivity index (χ4v) is 3.42. The van der Waals surface area contributed by atoms with Crippen LogP contribution in [-0.4, -0.2) is 63.9 Å². The quantitative estimate of drug-likeness (QED) is 0.766. The molecule has 0 saturated carbocycles. The molecular weight excluding hydrogens is 312 g/mol. The van der Waals surface area contributed by atoms with Crippen molar-refractivity contribution in [3.8, 4) is 11.3 Å². The largest absolute Gasteiger partial charge is 0.379 e. The lowest BCUT2D eigenvalue weighted by Crippen LogP contribution is -2.39. The number of nitrogens with one attached hydrogen (secondary N) is 1. The lowest BCUT2D eigenvalue weighted by molar-refractivity contribution is 0.0398. The smallest absolute Gasteiger partial charge is 0.214 e. The Labute approximate surface area is 137 Å². The van der Waals surface area contributed by atoms with Gasteiger partial charge in [-0.25, -0.2) is 9.50 Å². The summed E-state index contributed by atoms with van der Waals surface area (Å²) < 4.78 is 7.23. The van der Waals surface area contributed by atoms with E-state index < -0.39 is 0 Å². The van der Waals surface area contributed by atoms with E-state index in [2.05, 4.69) is 25.3 Å². The van der Waals surface area contributed by atoms with E-state index in [0.717, 1.165) is 60.7 Å². The number of anilines is 1. The van der Waals surface area contributed by atoms with E-state index in [1.54, 1.807) is 17.5 Å². The molecule has 0 aromatic carbocycles. The van der Waals surface area contributed by atoms with Crippen LogP contribution in [0.5, 0.6) is 0 Å². The van der Waals surface area contributed by atoms with Crippen LogP contribution in [0, 0.1) is 0 Å². The molecule has 1 fully saturated rings. The predicted octanol–water partition coefficient (Wildman–Crippen LogP) is 1.60. The van der Waals surface area contributed by atoms with Gasteiger partial charge in [-0.2, -0.15) is 0 Å². The van der Waals surface area contributed by atoms with Crippen LogP contribution in [0.1, 0.15) is 0 Å². The summed E-state index contributed by atoms with van der Waals surface area (Å²) in [4.78, 5) is 11.9. The van der Waals surface area contributed by atoms with Gasteiger partial charge in [0.2, 0.25) is 10.1 Å². The third-order valence-electron chi connectivity index (χ3n) is 3.85. The van der Waals surface area contributed by atoms with Crippen molar-refractivity contribution in [3.63, 3.8) is 0 Å². The Morgan fingerprint density at radius 2 is 2.17 bits per heavy atom. The number of morpholine rings is 1. The molecule has 0 unspecified atom stereocenters. The molecule has 1 aliphatic heterocycles. The SMILES string of the molecule is c1cncc(-c2cnc3sc(NCCN4CCOCC4)nn23)c1. The summed E-state index contributed by atoms with van der Waals surface area (Å²) in [6.45, 7) is 5.56. The van der Waals surface area contributed by atoms with Crippen LogP contribution in [0.2, 0.25) is 0 Å². The van der Waals surface area contributed by atoms with E-state index in [4.69, 9.17) is 4.74 Å². The van der Waals surface area contributed by atoms with Crippen molar-refractivity contribution in [2.24, 2.45) is 0 Å². The third-order valence-corrected chi connectivity index (χ3v) is 4.73. The van der Waals surface area contributed by atoms with Crippen LogP contribution < -0.4 is 5.32 Å². The van der Waals surface area contributed by atoms with E-state index in [-0.39, 0.29) is 0 Å². The number of ether oxygens (including phenoxy) is 1. The maximum Gasteiger partial charge on any atom is 0.214 e. The molecule has 0 spiro atoms. The molecule has 1 aliphatic rings. The molecule has 3 aromatic heterocycles. The highest BCUT2D eigenvalue weighted by Crippen LogP contribution is 2.25. The Morgan fingerprint density at radius 1 is 1.26 bits per heavy atom. The molecule has 0 bridgehead atoms. The fraction of sp³-hybridized carbons (Fsp3) is 0.400. The average molecular weight is 330 g/mol. The highest BCUT2D eigenvalue weighted by molar-refractivity contribution is 7.20. The van der Waals surface area contributed by atoms with Gasteiger partial charge in [0.25, 0.3) is 0 Å². The Balaban J connectivity index is 1.44. The van der Waals surface area contributed by atoms with Gasteiger partial charge in [0.15, 0.2) is 0 Å². The first-order valence-electron chi connectivity index (χ1n) is 7.69. The van der Waals surface area contributed by atoms with Crippen LogP contribution in [-0.2, 0) is 4.74 Å². The van der Waals surface area contributed by atoms with E-state index in [1.807, 2.05) is 29.0 Å². The molecule has 7 nitrogen and oxygen atoms in total. The Morgan fingerprint density at radius 3 is 3.00 bits per heavy atom. The summed E-state index contributed by atoms with van der Waals surface area (Å²) in [5.41, 5.74) is 1.98. The molecule has 4 heterocycles. The second kappa shape index (κ2) is 6.61. The molecule has 0 amide bonds. The number of nitrogens with zero attached hydrogens (tertiary/aromatic N) is 5. The van der Waals surface area contributed by atoms with Crippen molar-refractivity contribution in [1.82, 2.24) is 24.5 Å². The zero-order chi connectivity index (χ0) is 15.5. The van der Waals surface area contributed by atoms with Gasteiger partial charge >= 0.3 is 0 Å². The van der Waals surface area contributed by atoms with Crippen molar-refractivity contribution in [2.45, 2.75) is 0 Å². The van der Waals surface area contributed by atoms with Crippen LogP contribution in [0.3, 0.4) is 0 Å². The van der Waals surface area contributed by atoms with Crippen molar-refractivity contribution >= 4 is 21.4 Å². The van der Waals surface area contributed by atoms with Crippen molar-refractivity contribution in [2.75, 3.05) is 44.7 Å². The van der Waals surface area contributed by atoms with Crippen LogP contribution in [0.4, 0.5) is 5.13 Å². The monoisotopic (exact) mass is 330 g/mol. The highest BCUT2D eigenvalue weighted by atomic mass is 32.1. The van der Waals surface area contributed by atoms with Gasteiger partial charge in [-0.05, 0) is 12.1 Å². The van der Waals surface area contributed by atoms with Crippen molar-refractivity contribution in [1.29, 1.82) is 0 Å². The summed E-state index contributed by atoms with van der Waals surface area (Å²) in [6, 6.07) is 3.93. The average Bonchev–Trinajstić information content (AvgIpc) is 3.17. The van der Waals surface area contributed by atoms with Gasteiger partial charge in [0.1, 0.15) is 0 Å². The van der Waals surface area contributed by atoms with Crippen LogP contribution in [0.15, 0.2) is 30.7 Å². The van der Waals surface area contributed by atoms with Gasteiger partial charge in [-0.15, -0.1) is 5.10 Å². The second-order valence-corrected chi connectivity index (χ2v) is 6.32. The summed E-state index contributed by atoms with van der Waals surface area (Å²) in [7, 11) is 0. The van der Waals surface area contributed by atoms with Gasteiger partial charge < -0.3 is 10.1 Å². The maximum absolute atomic E-state index is 5.36. The Hall–Kier alpha value is -2.03. The summed E-state index contributed by atoms with van der Waals surface area (Å²) in [6.07, 6.45) is 5.43. The lowest BCUT2D eigenvalue weighted by atomic mass is 10.2. The maximum atomic E-state index is 5.36.